The maximum atomic E-state index is 6.47. The van der Waals surface area contributed by atoms with E-state index in [-0.39, 0.29) is 12.1 Å². The molecule has 0 amide bonds. The first kappa shape index (κ1) is 20.5. The molecule has 160 valence electrons. The average Bonchev–Trinajstić information content (AvgIpc) is 3.44. The third kappa shape index (κ3) is 3.59. The third-order valence-corrected chi connectivity index (χ3v) is 6.13. The fraction of sp³-hybridized carbons (Fsp3) is 0.125. The predicted molar refractivity (Wildman–Crippen MR) is 129 cm³/mol. The van der Waals surface area contributed by atoms with Crippen LogP contribution in [0.25, 0.3) is 5.69 Å². The summed E-state index contributed by atoms with van der Waals surface area (Å²) in [6.45, 7) is 0. The number of thiocarbonyl (C=S) groups is 1. The second-order valence-electron chi connectivity index (χ2n) is 7.33. The van der Waals surface area contributed by atoms with E-state index in [4.69, 9.17) is 28.6 Å². The summed E-state index contributed by atoms with van der Waals surface area (Å²) in [5.41, 5.74) is 3.79. The van der Waals surface area contributed by atoms with Crippen LogP contribution in [0.3, 0.4) is 0 Å². The molecule has 2 atom stereocenters. The van der Waals surface area contributed by atoms with Gasteiger partial charge in [0, 0.05) is 30.0 Å². The van der Waals surface area contributed by atoms with Crippen LogP contribution in [0, 0.1) is 0 Å². The van der Waals surface area contributed by atoms with E-state index in [2.05, 4.69) is 30.8 Å². The van der Waals surface area contributed by atoms with E-state index in [0.717, 1.165) is 22.8 Å². The summed E-state index contributed by atoms with van der Waals surface area (Å²) < 4.78 is 7.46. The van der Waals surface area contributed by atoms with Crippen molar-refractivity contribution in [3.63, 3.8) is 0 Å². The van der Waals surface area contributed by atoms with Crippen molar-refractivity contribution in [3.8, 4) is 11.4 Å². The minimum Gasteiger partial charge on any atom is -0.495 e. The summed E-state index contributed by atoms with van der Waals surface area (Å²) in [6, 6.07) is 19.3. The SMILES string of the molecule is COc1ccc(N2C(=S)N[C@@H](c3ccccn3)[C@@H]2c2cccn2-c2cccnc2)cc1Cl. The van der Waals surface area contributed by atoms with Gasteiger partial charge in [-0.3, -0.25) is 9.97 Å². The van der Waals surface area contributed by atoms with Gasteiger partial charge in [-0.25, -0.2) is 0 Å². The van der Waals surface area contributed by atoms with Crippen LogP contribution in [0.5, 0.6) is 5.75 Å². The van der Waals surface area contributed by atoms with E-state index < -0.39 is 0 Å². The standard InChI is InChI=1S/C24H20ClN5OS/c1-31-21-10-9-16(14-18(21)25)30-23(22(28-24(30)32)19-7-2-3-12-27-19)20-8-5-13-29(20)17-6-4-11-26-15-17/h2-15,22-23H,1H3,(H,28,32)/t22-,23-/m0/s1. The number of hydrogen-bond donors (Lipinski definition) is 1. The number of nitrogens with zero attached hydrogens (tertiary/aromatic N) is 4. The van der Waals surface area contributed by atoms with E-state index in [9.17, 15) is 0 Å². The van der Waals surface area contributed by atoms with Crippen LogP contribution in [0.4, 0.5) is 5.69 Å². The lowest BCUT2D eigenvalue weighted by Gasteiger charge is -2.29. The Hall–Kier alpha value is -3.42. The van der Waals surface area contributed by atoms with Crippen molar-refractivity contribution in [2.24, 2.45) is 0 Å². The molecule has 8 heteroatoms. The molecule has 1 N–H and O–H groups in total. The zero-order valence-electron chi connectivity index (χ0n) is 17.2. The van der Waals surface area contributed by atoms with Crippen molar-refractivity contribution >= 4 is 34.6 Å². The van der Waals surface area contributed by atoms with Crippen molar-refractivity contribution in [2.45, 2.75) is 12.1 Å². The number of rotatable bonds is 5. The quantitative estimate of drug-likeness (QED) is 0.417. The molecule has 1 fully saturated rings. The van der Waals surface area contributed by atoms with Gasteiger partial charge in [0.15, 0.2) is 5.11 Å². The molecule has 3 aromatic heterocycles. The molecule has 5 rings (SSSR count). The topological polar surface area (TPSA) is 55.2 Å². The Balaban J connectivity index is 1.66. The zero-order valence-corrected chi connectivity index (χ0v) is 18.8. The molecule has 0 saturated carbocycles. The first-order valence-corrected chi connectivity index (χ1v) is 10.9. The number of nitrogens with one attached hydrogen (secondary N) is 1. The summed E-state index contributed by atoms with van der Waals surface area (Å²) in [5, 5.41) is 4.60. The van der Waals surface area contributed by atoms with Crippen LogP contribution in [0.2, 0.25) is 5.02 Å². The Kier molecular flexibility index (Phi) is 5.51. The molecule has 1 aliphatic rings. The molecule has 1 aliphatic heterocycles. The van der Waals surface area contributed by atoms with Crippen LogP contribution in [-0.4, -0.2) is 26.8 Å². The first-order valence-electron chi connectivity index (χ1n) is 10.1. The van der Waals surface area contributed by atoms with Crippen LogP contribution < -0.4 is 15.0 Å². The molecule has 6 nitrogen and oxygen atoms in total. The van der Waals surface area contributed by atoms with Gasteiger partial charge in [0.05, 0.1) is 35.8 Å². The van der Waals surface area contributed by atoms with Gasteiger partial charge in [-0.1, -0.05) is 17.7 Å². The van der Waals surface area contributed by atoms with Gasteiger partial charge in [-0.15, -0.1) is 0 Å². The Morgan fingerprint density at radius 2 is 1.94 bits per heavy atom. The summed E-state index contributed by atoms with van der Waals surface area (Å²) >= 11 is 12.3. The molecular formula is C24H20ClN5OS. The lowest BCUT2D eigenvalue weighted by molar-refractivity contribution is 0.415. The Bertz CT molecular complexity index is 1250. The monoisotopic (exact) mass is 461 g/mol. The highest BCUT2D eigenvalue weighted by Gasteiger charge is 2.42. The van der Waals surface area contributed by atoms with Crippen LogP contribution >= 0.6 is 23.8 Å². The minimum atomic E-state index is -0.169. The number of halogens is 1. The van der Waals surface area contributed by atoms with Gasteiger partial charge < -0.3 is 19.5 Å². The molecule has 0 aliphatic carbocycles. The van der Waals surface area contributed by atoms with Crippen LogP contribution in [0.15, 0.2) is 85.5 Å². The maximum absolute atomic E-state index is 6.47. The lowest BCUT2D eigenvalue weighted by atomic mass is 10.0. The molecule has 32 heavy (non-hydrogen) atoms. The van der Waals surface area contributed by atoms with Gasteiger partial charge in [0.2, 0.25) is 0 Å². The second-order valence-corrected chi connectivity index (χ2v) is 8.12. The number of hydrogen-bond acceptors (Lipinski definition) is 4. The molecule has 0 unspecified atom stereocenters. The number of aromatic nitrogens is 3. The summed E-state index contributed by atoms with van der Waals surface area (Å²) in [6.07, 6.45) is 7.43. The summed E-state index contributed by atoms with van der Waals surface area (Å²) in [4.78, 5) is 11.0. The average molecular weight is 462 g/mol. The van der Waals surface area contributed by atoms with Crippen molar-refractivity contribution in [3.05, 3.63) is 102 Å². The van der Waals surface area contributed by atoms with E-state index in [1.165, 1.54) is 0 Å². The number of pyridine rings is 2. The van der Waals surface area contributed by atoms with E-state index in [1.54, 1.807) is 19.5 Å². The Morgan fingerprint density at radius 1 is 1.03 bits per heavy atom. The molecule has 0 spiro atoms. The number of anilines is 1. The van der Waals surface area contributed by atoms with Crippen molar-refractivity contribution < 1.29 is 4.74 Å². The van der Waals surface area contributed by atoms with Crippen molar-refractivity contribution in [1.82, 2.24) is 19.9 Å². The van der Waals surface area contributed by atoms with Gasteiger partial charge in [-0.2, -0.15) is 0 Å². The summed E-state index contributed by atoms with van der Waals surface area (Å²) in [7, 11) is 1.60. The van der Waals surface area contributed by atoms with E-state index in [1.807, 2.05) is 67.0 Å². The largest absolute Gasteiger partial charge is 0.495 e. The van der Waals surface area contributed by atoms with Gasteiger partial charge >= 0.3 is 0 Å². The molecular weight excluding hydrogens is 442 g/mol. The van der Waals surface area contributed by atoms with Gasteiger partial charge in [-0.05, 0) is 66.8 Å². The molecule has 4 heterocycles. The van der Waals surface area contributed by atoms with E-state index in [0.29, 0.717) is 15.9 Å². The normalized spacial score (nSPS) is 17.9. The van der Waals surface area contributed by atoms with Gasteiger partial charge in [0.25, 0.3) is 0 Å². The Morgan fingerprint density at radius 3 is 2.66 bits per heavy atom. The molecule has 4 aromatic rings. The number of ether oxygens (including phenoxy) is 1. The highest BCUT2D eigenvalue weighted by Crippen LogP contribution is 2.43. The molecule has 1 saturated heterocycles. The third-order valence-electron chi connectivity index (χ3n) is 5.52. The second kappa shape index (κ2) is 8.61. The Labute approximate surface area is 196 Å². The highest BCUT2D eigenvalue weighted by atomic mass is 35.5. The molecule has 0 radical (unpaired) electrons. The van der Waals surface area contributed by atoms with Gasteiger partial charge in [0.1, 0.15) is 11.8 Å². The fourth-order valence-corrected chi connectivity index (χ4v) is 4.70. The predicted octanol–water partition coefficient (Wildman–Crippen LogP) is 5.11. The smallest absolute Gasteiger partial charge is 0.174 e. The number of methoxy groups -OCH3 is 1. The van der Waals surface area contributed by atoms with Crippen LogP contribution in [0.1, 0.15) is 23.5 Å². The van der Waals surface area contributed by atoms with E-state index >= 15 is 0 Å². The fourth-order valence-electron chi connectivity index (χ4n) is 4.11. The molecule has 0 bridgehead atoms. The first-order chi connectivity index (χ1) is 15.7. The van der Waals surface area contributed by atoms with Crippen LogP contribution in [-0.2, 0) is 0 Å². The summed E-state index contributed by atoms with van der Waals surface area (Å²) in [5.74, 6) is 0.616. The highest BCUT2D eigenvalue weighted by molar-refractivity contribution is 7.80. The zero-order chi connectivity index (χ0) is 22.1. The lowest BCUT2D eigenvalue weighted by Crippen LogP contribution is -2.30. The number of benzene rings is 1. The minimum absolute atomic E-state index is 0.158. The van der Waals surface area contributed by atoms with Crippen molar-refractivity contribution in [2.75, 3.05) is 12.0 Å². The maximum Gasteiger partial charge on any atom is 0.174 e. The van der Waals surface area contributed by atoms with Crippen molar-refractivity contribution in [1.29, 1.82) is 0 Å². The molecule has 1 aromatic carbocycles.